The summed E-state index contributed by atoms with van der Waals surface area (Å²) in [7, 11) is 4.65. The molecule has 0 aromatic heterocycles. The smallest absolute Gasteiger partial charge is 0.254 e. The van der Waals surface area contributed by atoms with Crippen LogP contribution < -0.4 is 24.8 Å². The second kappa shape index (κ2) is 11.4. The largest absolute Gasteiger partial charge is 0.504 e. The molecule has 3 aromatic rings. The molecule has 3 N–H and O–H groups in total. The normalized spacial score (nSPS) is 18.4. The molecule has 1 amide bonds. The summed E-state index contributed by atoms with van der Waals surface area (Å²) in [6, 6.07) is 18.2. The first-order chi connectivity index (χ1) is 19.7. The second-order valence-corrected chi connectivity index (χ2v) is 10.4. The van der Waals surface area contributed by atoms with Gasteiger partial charge in [0.15, 0.2) is 28.8 Å². The first-order valence-corrected chi connectivity index (χ1v) is 13.4. The molecule has 1 aliphatic heterocycles. The molecule has 0 spiro atoms. The average molecular weight is 555 g/mol. The lowest BCUT2D eigenvalue weighted by atomic mass is 9.71. The molecule has 0 fully saturated rings. The van der Waals surface area contributed by atoms with Crippen LogP contribution in [-0.4, -0.2) is 38.1 Å². The molecule has 8 heteroatoms. The van der Waals surface area contributed by atoms with Gasteiger partial charge < -0.3 is 30.0 Å². The molecule has 212 valence electrons. The van der Waals surface area contributed by atoms with E-state index in [1.54, 1.807) is 26.4 Å². The number of ether oxygens (including phenoxy) is 3. The Morgan fingerprint density at radius 3 is 2.20 bits per heavy atom. The van der Waals surface area contributed by atoms with Crippen LogP contribution in [0.3, 0.4) is 0 Å². The van der Waals surface area contributed by atoms with Gasteiger partial charge in [0, 0.05) is 40.6 Å². The summed E-state index contributed by atoms with van der Waals surface area (Å²) in [6.45, 7) is 3.83. The molecule has 2 atom stereocenters. The molecular weight excluding hydrogens is 520 g/mol. The fourth-order valence-electron chi connectivity index (χ4n) is 5.72. The lowest BCUT2D eigenvalue weighted by Gasteiger charge is -2.37. The van der Waals surface area contributed by atoms with Crippen molar-refractivity contribution >= 4 is 17.4 Å². The van der Waals surface area contributed by atoms with Crippen molar-refractivity contribution in [2.75, 3.05) is 26.6 Å². The quantitative estimate of drug-likeness (QED) is 0.343. The number of anilines is 1. The summed E-state index contributed by atoms with van der Waals surface area (Å²) >= 11 is 0. The van der Waals surface area contributed by atoms with Crippen LogP contribution in [0.4, 0.5) is 5.69 Å². The first kappa shape index (κ1) is 27.8. The van der Waals surface area contributed by atoms with E-state index in [9.17, 15) is 14.7 Å². The van der Waals surface area contributed by atoms with E-state index >= 15 is 0 Å². The van der Waals surface area contributed by atoms with E-state index in [0.29, 0.717) is 46.0 Å². The number of aryl methyl sites for hydroxylation is 1. The van der Waals surface area contributed by atoms with Crippen LogP contribution in [0.25, 0.3) is 0 Å². The van der Waals surface area contributed by atoms with E-state index in [1.165, 1.54) is 13.2 Å². The number of carbonyl (C=O) groups is 2. The number of methoxy groups -OCH3 is 3. The number of benzene rings is 3. The van der Waals surface area contributed by atoms with Gasteiger partial charge in [-0.25, -0.2) is 0 Å². The van der Waals surface area contributed by atoms with Gasteiger partial charge in [-0.1, -0.05) is 29.8 Å². The van der Waals surface area contributed by atoms with Crippen LogP contribution >= 0.6 is 0 Å². The Balaban J connectivity index is 1.57. The van der Waals surface area contributed by atoms with Crippen LogP contribution in [0.15, 0.2) is 83.2 Å². The number of phenolic OH excluding ortho intramolecular Hbond substituents is 1. The molecule has 5 rings (SSSR count). The molecule has 41 heavy (non-hydrogen) atoms. The van der Waals surface area contributed by atoms with Crippen molar-refractivity contribution in [2.24, 2.45) is 0 Å². The maximum absolute atomic E-state index is 14.0. The molecule has 0 bridgehead atoms. The highest BCUT2D eigenvalue weighted by Gasteiger charge is 2.41. The molecule has 1 heterocycles. The molecule has 3 aromatic carbocycles. The van der Waals surface area contributed by atoms with Gasteiger partial charge in [0.1, 0.15) is 0 Å². The average Bonchev–Trinajstić information content (AvgIpc) is 2.97. The lowest BCUT2D eigenvalue weighted by molar-refractivity contribution is -0.116. The number of Topliss-reactive ketones (excluding diaryl/α,β-unsaturated/α-hetero) is 1. The van der Waals surface area contributed by atoms with Crippen molar-refractivity contribution in [3.8, 4) is 23.0 Å². The van der Waals surface area contributed by atoms with Crippen molar-refractivity contribution in [1.82, 2.24) is 5.32 Å². The van der Waals surface area contributed by atoms with Gasteiger partial charge >= 0.3 is 0 Å². The first-order valence-electron chi connectivity index (χ1n) is 13.4. The highest BCUT2D eigenvalue weighted by atomic mass is 16.5. The van der Waals surface area contributed by atoms with E-state index in [0.717, 1.165) is 16.8 Å². The predicted molar refractivity (Wildman–Crippen MR) is 157 cm³/mol. The second-order valence-electron chi connectivity index (χ2n) is 10.4. The number of hydrogen-bond acceptors (Lipinski definition) is 7. The van der Waals surface area contributed by atoms with Gasteiger partial charge in [-0.05, 0) is 73.7 Å². The number of rotatable bonds is 7. The van der Waals surface area contributed by atoms with Crippen molar-refractivity contribution in [3.63, 3.8) is 0 Å². The van der Waals surface area contributed by atoms with Crippen molar-refractivity contribution in [3.05, 3.63) is 99.9 Å². The minimum absolute atomic E-state index is 0.0192. The number of allylic oxidation sites excluding steroid dienone is 3. The number of amides is 1. The monoisotopic (exact) mass is 554 g/mol. The van der Waals surface area contributed by atoms with Crippen molar-refractivity contribution in [2.45, 2.75) is 38.5 Å². The van der Waals surface area contributed by atoms with Crippen LogP contribution in [0, 0.1) is 6.92 Å². The highest BCUT2D eigenvalue weighted by molar-refractivity contribution is 6.10. The lowest BCUT2D eigenvalue weighted by Crippen LogP contribution is -2.37. The molecule has 0 saturated heterocycles. The Bertz CT molecular complexity index is 1570. The predicted octanol–water partition coefficient (Wildman–Crippen LogP) is 5.73. The van der Waals surface area contributed by atoms with Crippen LogP contribution in [0.1, 0.15) is 48.3 Å². The molecule has 1 aliphatic carbocycles. The topological polar surface area (TPSA) is 106 Å². The van der Waals surface area contributed by atoms with Gasteiger partial charge in [0.25, 0.3) is 5.91 Å². The standard InChI is InChI=1S/C33H34N2O6/c1-18-6-10-23(11-7-18)35-33(38)30-19(2)34-24-14-22(20-9-13-27(39-3)29(16-20)41-5)15-26(37)32(24)31(30)21-8-12-25(36)28(17-21)40-4/h6-13,16-17,22,31,34,36H,14-15H2,1-5H3,(H,35,38). The Morgan fingerprint density at radius 1 is 0.854 bits per heavy atom. The SMILES string of the molecule is COc1cc(C2C(C(=O)Nc3ccc(C)cc3)=C(C)NC3=C2C(=O)CC(c2ccc(OC)c(OC)c2)C3)ccc1O. The fraction of sp³-hybridized carbons (Fsp3) is 0.273. The van der Waals surface area contributed by atoms with Crippen molar-refractivity contribution < 1.29 is 28.9 Å². The Kier molecular flexibility index (Phi) is 7.75. The van der Waals surface area contributed by atoms with Crippen LogP contribution in [-0.2, 0) is 9.59 Å². The van der Waals surface area contributed by atoms with E-state index in [4.69, 9.17) is 14.2 Å². The van der Waals surface area contributed by atoms with E-state index < -0.39 is 5.92 Å². The van der Waals surface area contributed by atoms with Gasteiger partial charge in [0.2, 0.25) is 0 Å². The maximum atomic E-state index is 14.0. The van der Waals surface area contributed by atoms with E-state index in [1.807, 2.05) is 56.3 Å². The molecule has 2 unspecified atom stereocenters. The minimum atomic E-state index is -0.648. The van der Waals surface area contributed by atoms with Gasteiger partial charge in [-0.2, -0.15) is 0 Å². The maximum Gasteiger partial charge on any atom is 0.254 e. The molecular formula is C33H34N2O6. The summed E-state index contributed by atoms with van der Waals surface area (Å²) in [5.41, 5.74) is 5.82. The number of aromatic hydroxyl groups is 1. The third-order valence-electron chi connectivity index (χ3n) is 7.80. The minimum Gasteiger partial charge on any atom is -0.504 e. The van der Waals surface area contributed by atoms with Gasteiger partial charge in [0.05, 0.1) is 21.3 Å². The Hall–Kier alpha value is -4.72. The number of phenols is 1. The number of nitrogens with one attached hydrogen (secondary N) is 2. The van der Waals surface area contributed by atoms with Gasteiger partial charge in [-0.15, -0.1) is 0 Å². The summed E-state index contributed by atoms with van der Waals surface area (Å²) in [4.78, 5) is 27.8. The number of ketones is 1. The third kappa shape index (κ3) is 5.37. The summed E-state index contributed by atoms with van der Waals surface area (Å²) in [5, 5.41) is 16.7. The number of dihydropyridines is 1. The Morgan fingerprint density at radius 2 is 1.51 bits per heavy atom. The zero-order valence-electron chi connectivity index (χ0n) is 23.8. The van der Waals surface area contributed by atoms with E-state index in [2.05, 4.69) is 10.6 Å². The Labute approximate surface area is 239 Å². The third-order valence-corrected chi connectivity index (χ3v) is 7.80. The molecule has 0 radical (unpaired) electrons. The summed E-state index contributed by atoms with van der Waals surface area (Å²) in [5.74, 6) is 0.387. The van der Waals surface area contributed by atoms with E-state index in [-0.39, 0.29) is 35.5 Å². The van der Waals surface area contributed by atoms with Crippen LogP contribution in [0.2, 0.25) is 0 Å². The number of hydrogen-bond donors (Lipinski definition) is 3. The summed E-state index contributed by atoms with van der Waals surface area (Å²) < 4.78 is 16.3. The summed E-state index contributed by atoms with van der Waals surface area (Å²) in [6.07, 6.45) is 0.847. The van der Waals surface area contributed by atoms with Crippen LogP contribution in [0.5, 0.6) is 23.0 Å². The molecule has 0 saturated carbocycles. The van der Waals surface area contributed by atoms with Gasteiger partial charge in [-0.3, -0.25) is 9.59 Å². The zero-order valence-corrected chi connectivity index (χ0v) is 23.8. The zero-order chi connectivity index (χ0) is 29.3. The van der Waals surface area contributed by atoms with Crippen molar-refractivity contribution in [1.29, 1.82) is 0 Å². The fourth-order valence-corrected chi connectivity index (χ4v) is 5.72. The molecule has 2 aliphatic rings. The highest BCUT2D eigenvalue weighted by Crippen LogP contribution is 2.47. The number of carbonyl (C=O) groups excluding carboxylic acids is 2. The molecule has 8 nitrogen and oxygen atoms in total.